The van der Waals surface area contributed by atoms with Crippen LogP contribution in [0.4, 0.5) is 5.69 Å². The van der Waals surface area contributed by atoms with Gasteiger partial charge in [-0.1, -0.05) is 26.0 Å². The molecule has 4 rings (SSSR count). The molecule has 1 saturated carbocycles. The van der Waals surface area contributed by atoms with E-state index < -0.39 is 17.9 Å². The Hall–Kier alpha value is -2.96. The highest BCUT2D eigenvalue weighted by atomic mass is 16.5. The number of carbonyl (C=O) groups excluding carboxylic acids is 4. The predicted molar refractivity (Wildman–Crippen MR) is 109 cm³/mol. The van der Waals surface area contributed by atoms with Crippen LogP contribution in [-0.2, 0) is 19.1 Å². The molecule has 1 saturated heterocycles. The second-order valence-corrected chi connectivity index (χ2v) is 8.52. The Bertz CT molecular complexity index is 890. The van der Waals surface area contributed by atoms with Gasteiger partial charge in [0.2, 0.25) is 17.7 Å². The number of nitrogens with one attached hydrogen (secondary N) is 1. The smallest absolute Gasteiger partial charge is 0.338 e. The number of likely N-dealkylation sites (tertiary alicyclic amines) is 1. The van der Waals surface area contributed by atoms with Crippen LogP contribution in [0.3, 0.4) is 0 Å². The van der Waals surface area contributed by atoms with Crippen LogP contribution in [0, 0.1) is 29.6 Å². The molecule has 3 amide bonds. The third-order valence-corrected chi connectivity index (χ3v) is 6.35. The summed E-state index contributed by atoms with van der Waals surface area (Å²) in [4.78, 5) is 52.3. The van der Waals surface area contributed by atoms with Crippen LogP contribution in [0.1, 0.15) is 37.6 Å². The second kappa shape index (κ2) is 7.70. The molecule has 1 heterocycles. The Labute approximate surface area is 175 Å². The van der Waals surface area contributed by atoms with Gasteiger partial charge in [-0.05, 0) is 55.4 Å². The first-order valence-corrected chi connectivity index (χ1v) is 10.5. The van der Waals surface area contributed by atoms with Crippen molar-refractivity contribution in [3.8, 4) is 0 Å². The van der Waals surface area contributed by atoms with Crippen LogP contribution in [-0.4, -0.2) is 41.2 Å². The van der Waals surface area contributed by atoms with Gasteiger partial charge in [0, 0.05) is 5.69 Å². The number of allylic oxidation sites excluding steroid dienone is 2. The molecule has 1 N–H and O–H groups in total. The van der Waals surface area contributed by atoms with E-state index >= 15 is 0 Å². The SMILES string of the molecule is CCOC(=O)c1ccc(NC(=O)C(C(C)C)N2C(=O)C3C4C=CC(C4)C3C2=O)cc1. The van der Waals surface area contributed by atoms with Gasteiger partial charge in [-0.2, -0.15) is 0 Å². The average molecular weight is 410 g/mol. The van der Waals surface area contributed by atoms with Crippen LogP contribution in [0.5, 0.6) is 0 Å². The lowest BCUT2D eigenvalue weighted by molar-refractivity contribution is -0.148. The maximum atomic E-state index is 13.1. The average Bonchev–Trinajstić information content (AvgIpc) is 3.38. The van der Waals surface area contributed by atoms with E-state index in [0.29, 0.717) is 11.3 Å². The molecular weight excluding hydrogens is 384 g/mol. The van der Waals surface area contributed by atoms with Crippen LogP contribution in [0.15, 0.2) is 36.4 Å². The van der Waals surface area contributed by atoms with Gasteiger partial charge in [-0.25, -0.2) is 4.79 Å². The third kappa shape index (κ3) is 3.22. The molecule has 1 aromatic carbocycles. The highest BCUT2D eigenvalue weighted by Gasteiger charge is 2.61. The van der Waals surface area contributed by atoms with Gasteiger partial charge in [-0.3, -0.25) is 19.3 Å². The second-order valence-electron chi connectivity index (χ2n) is 8.52. The summed E-state index contributed by atoms with van der Waals surface area (Å²) in [7, 11) is 0. The Morgan fingerprint density at radius 3 is 2.13 bits per heavy atom. The summed E-state index contributed by atoms with van der Waals surface area (Å²) in [6.45, 7) is 5.67. The number of amides is 3. The van der Waals surface area contributed by atoms with Crippen molar-refractivity contribution in [3.63, 3.8) is 0 Å². The molecule has 0 aromatic heterocycles. The monoisotopic (exact) mass is 410 g/mol. The van der Waals surface area contributed by atoms with Crippen LogP contribution < -0.4 is 5.32 Å². The summed E-state index contributed by atoms with van der Waals surface area (Å²) in [5, 5.41) is 2.79. The summed E-state index contributed by atoms with van der Waals surface area (Å²) in [5.41, 5.74) is 0.871. The van der Waals surface area contributed by atoms with E-state index in [-0.39, 0.29) is 48.0 Å². The molecule has 30 heavy (non-hydrogen) atoms. The fourth-order valence-electron chi connectivity index (χ4n) is 5.04. The fourth-order valence-corrected chi connectivity index (χ4v) is 5.04. The number of esters is 1. The summed E-state index contributed by atoms with van der Waals surface area (Å²) >= 11 is 0. The predicted octanol–water partition coefficient (Wildman–Crippen LogP) is 2.63. The normalized spacial score (nSPS) is 27.5. The van der Waals surface area contributed by atoms with Gasteiger partial charge >= 0.3 is 5.97 Å². The molecule has 7 nitrogen and oxygen atoms in total. The number of hydrogen-bond acceptors (Lipinski definition) is 5. The number of imide groups is 1. The highest BCUT2D eigenvalue weighted by Crippen LogP contribution is 2.53. The zero-order chi connectivity index (χ0) is 21.6. The van der Waals surface area contributed by atoms with Crippen LogP contribution in [0.25, 0.3) is 0 Å². The topological polar surface area (TPSA) is 92.8 Å². The summed E-state index contributed by atoms with van der Waals surface area (Å²) in [5.74, 6) is -1.98. The van der Waals surface area contributed by atoms with Crippen molar-refractivity contribution < 1.29 is 23.9 Å². The van der Waals surface area contributed by atoms with Crippen molar-refractivity contribution in [2.75, 3.05) is 11.9 Å². The molecule has 2 aliphatic carbocycles. The van der Waals surface area contributed by atoms with Crippen LogP contribution >= 0.6 is 0 Å². The van der Waals surface area contributed by atoms with Gasteiger partial charge in [0.15, 0.2) is 0 Å². The molecule has 5 unspecified atom stereocenters. The maximum absolute atomic E-state index is 13.1. The number of ether oxygens (including phenoxy) is 1. The fraction of sp³-hybridized carbons (Fsp3) is 0.478. The first-order valence-electron chi connectivity index (χ1n) is 10.5. The van der Waals surface area contributed by atoms with Gasteiger partial charge in [-0.15, -0.1) is 0 Å². The molecule has 3 aliphatic rings. The molecular formula is C23H26N2O5. The van der Waals surface area contributed by atoms with Crippen molar-refractivity contribution in [3.05, 3.63) is 42.0 Å². The summed E-state index contributed by atoms with van der Waals surface area (Å²) < 4.78 is 4.96. The van der Waals surface area contributed by atoms with E-state index in [1.807, 2.05) is 26.0 Å². The molecule has 5 atom stereocenters. The molecule has 1 aromatic rings. The van der Waals surface area contributed by atoms with Crippen LogP contribution in [0.2, 0.25) is 0 Å². The molecule has 0 radical (unpaired) electrons. The molecule has 2 bridgehead atoms. The van der Waals surface area contributed by atoms with Crippen molar-refractivity contribution in [2.45, 2.75) is 33.2 Å². The van der Waals surface area contributed by atoms with Crippen molar-refractivity contribution in [1.29, 1.82) is 0 Å². The summed E-state index contributed by atoms with van der Waals surface area (Å²) in [6.07, 6.45) is 4.93. The molecule has 158 valence electrons. The van der Waals surface area contributed by atoms with E-state index in [0.717, 1.165) is 6.42 Å². The molecule has 0 spiro atoms. The Morgan fingerprint density at radius 1 is 1.07 bits per heavy atom. The van der Waals surface area contributed by atoms with Crippen molar-refractivity contribution in [1.82, 2.24) is 4.90 Å². The number of fused-ring (bicyclic) bond motifs is 5. The third-order valence-electron chi connectivity index (χ3n) is 6.35. The minimum Gasteiger partial charge on any atom is -0.462 e. The van der Waals surface area contributed by atoms with Gasteiger partial charge in [0.1, 0.15) is 6.04 Å². The number of carbonyl (C=O) groups is 4. The zero-order valence-electron chi connectivity index (χ0n) is 17.3. The first-order chi connectivity index (χ1) is 14.3. The minimum absolute atomic E-state index is 0.104. The standard InChI is InChI=1S/C23H26N2O5/c1-4-30-23(29)13-7-9-16(10-8-13)24-20(26)19(12(2)3)25-21(27)17-14-5-6-15(11-14)18(17)22(25)28/h5-10,12,14-15,17-19H,4,11H2,1-3H3,(H,24,26). The van der Waals surface area contributed by atoms with Gasteiger partial charge in [0.25, 0.3) is 0 Å². The zero-order valence-corrected chi connectivity index (χ0v) is 17.3. The Balaban J connectivity index is 1.51. The van der Waals surface area contributed by atoms with E-state index in [4.69, 9.17) is 4.74 Å². The van der Waals surface area contributed by atoms with E-state index in [9.17, 15) is 19.2 Å². The van der Waals surface area contributed by atoms with E-state index in [2.05, 4.69) is 5.32 Å². The minimum atomic E-state index is -0.875. The number of nitrogens with zero attached hydrogens (tertiary/aromatic N) is 1. The van der Waals surface area contributed by atoms with Gasteiger partial charge in [0.05, 0.1) is 24.0 Å². The molecule has 7 heteroatoms. The lowest BCUT2D eigenvalue weighted by atomic mass is 9.85. The lowest BCUT2D eigenvalue weighted by Gasteiger charge is -2.29. The summed E-state index contributed by atoms with van der Waals surface area (Å²) in [6, 6.07) is 5.47. The number of anilines is 1. The number of benzene rings is 1. The largest absolute Gasteiger partial charge is 0.462 e. The number of rotatable bonds is 6. The Morgan fingerprint density at radius 2 is 1.63 bits per heavy atom. The lowest BCUT2D eigenvalue weighted by Crippen LogP contribution is -2.51. The first kappa shape index (κ1) is 20.3. The van der Waals surface area contributed by atoms with Gasteiger partial charge < -0.3 is 10.1 Å². The van der Waals surface area contributed by atoms with Crippen molar-refractivity contribution in [2.24, 2.45) is 29.6 Å². The maximum Gasteiger partial charge on any atom is 0.338 e. The quantitative estimate of drug-likeness (QED) is 0.442. The van der Waals surface area contributed by atoms with E-state index in [1.54, 1.807) is 31.2 Å². The number of hydrogen-bond donors (Lipinski definition) is 1. The Kier molecular flexibility index (Phi) is 5.22. The molecule has 2 fully saturated rings. The molecule has 1 aliphatic heterocycles. The van der Waals surface area contributed by atoms with E-state index in [1.165, 1.54) is 4.90 Å². The van der Waals surface area contributed by atoms with Crippen molar-refractivity contribution >= 4 is 29.4 Å². The highest BCUT2D eigenvalue weighted by molar-refractivity contribution is 6.11.